The maximum Gasteiger partial charge on any atom is 0.342 e. The molecule has 0 N–H and O–H groups in total. The summed E-state index contributed by atoms with van der Waals surface area (Å²) in [5, 5.41) is 0. The summed E-state index contributed by atoms with van der Waals surface area (Å²) in [5.74, 6) is -0.452. The van der Waals surface area contributed by atoms with E-state index in [4.69, 9.17) is 14.2 Å². The van der Waals surface area contributed by atoms with E-state index in [1.54, 1.807) is 45.2 Å². The van der Waals surface area contributed by atoms with Crippen molar-refractivity contribution >= 4 is 5.97 Å². The van der Waals surface area contributed by atoms with Crippen LogP contribution in [0.5, 0.6) is 5.75 Å². The Hall–Kier alpha value is -1.55. The fourth-order valence-electron chi connectivity index (χ4n) is 1.63. The lowest BCUT2D eigenvalue weighted by Crippen LogP contribution is -2.20. The number of cyclic esters (lactones) is 1. The summed E-state index contributed by atoms with van der Waals surface area (Å²) in [6, 6.07) is 7.17. The van der Waals surface area contributed by atoms with E-state index in [1.165, 1.54) is 0 Å². The number of hydrogen-bond acceptors (Lipinski definition) is 4. The van der Waals surface area contributed by atoms with Gasteiger partial charge in [-0.15, -0.1) is 0 Å². The molecular weight excluding hydrogens is 208 g/mol. The minimum Gasteiger partial charge on any atom is -0.497 e. The van der Waals surface area contributed by atoms with Gasteiger partial charge in [0, 0.05) is 13.8 Å². The second kappa shape index (κ2) is 3.79. The first kappa shape index (κ1) is 11.0. The van der Waals surface area contributed by atoms with Gasteiger partial charge in [0.15, 0.2) is 6.10 Å². The van der Waals surface area contributed by atoms with Crippen LogP contribution in [-0.4, -0.2) is 18.9 Å². The van der Waals surface area contributed by atoms with Crippen LogP contribution < -0.4 is 4.74 Å². The zero-order chi connectivity index (χ0) is 11.8. The molecule has 0 bridgehead atoms. The molecule has 1 aliphatic heterocycles. The molecule has 86 valence electrons. The van der Waals surface area contributed by atoms with E-state index >= 15 is 0 Å². The largest absolute Gasteiger partial charge is 0.497 e. The van der Waals surface area contributed by atoms with E-state index < -0.39 is 11.9 Å². The van der Waals surface area contributed by atoms with Crippen LogP contribution in [0.25, 0.3) is 0 Å². The van der Waals surface area contributed by atoms with E-state index in [2.05, 4.69) is 0 Å². The van der Waals surface area contributed by atoms with Gasteiger partial charge >= 0.3 is 5.97 Å². The van der Waals surface area contributed by atoms with E-state index in [0.29, 0.717) is 0 Å². The Morgan fingerprint density at radius 3 is 2.31 bits per heavy atom. The lowest BCUT2D eigenvalue weighted by Gasteiger charge is -2.15. The highest BCUT2D eigenvalue weighted by atomic mass is 16.8. The molecule has 1 fully saturated rings. The average Bonchev–Trinajstić information content (AvgIpc) is 2.52. The maximum atomic E-state index is 11.6. The number of benzene rings is 1. The summed E-state index contributed by atoms with van der Waals surface area (Å²) in [4.78, 5) is 11.6. The van der Waals surface area contributed by atoms with Crippen LogP contribution in [-0.2, 0) is 14.3 Å². The molecule has 0 spiro atoms. The molecule has 1 aromatic carbocycles. The Morgan fingerprint density at radius 1 is 1.25 bits per heavy atom. The second-order valence-electron chi connectivity index (χ2n) is 4.09. The number of methoxy groups -OCH3 is 1. The van der Waals surface area contributed by atoms with E-state index in [-0.39, 0.29) is 5.97 Å². The van der Waals surface area contributed by atoms with Crippen molar-refractivity contribution in [2.24, 2.45) is 0 Å². The lowest BCUT2D eigenvalue weighted by atomic mass is 10.1. The van der Waals surface area contributed by atoms with Gasteiger partial charge < -0.3 is 14.2 Å². The van der Waals surface area contributed by atoms with Crippen LogP contribution in [0.4, 0.5) is 0 Å². The van der Waals surface area contributed by atoms with Gasteiger partial charge in [-0.3, -0.25) is 0 Å². The molecule has 0 aliphatic carbocycles. The molecule has 16 heavy (non-hydrogen) atoms. The number of carbonyl (C=O) groups excluding carboxylic acids is 1. The summed E-state index contributed by atoms with van der Waals surface area (Å²) in [7, 11) is 1.60. The molecule has 0 radical (unpaired) electrons. The topological polar surface area (TPSA) is 44.8 Å². The molecular formula is C12H14O4. The molecule has 1 unspecified atom stereocenters. The average molecular weight is 222 g/mol. The van der Waals surface area contributed by atoms with Crippen LogP contribution in [0.2, 0.25) is 0 Å². The predicted molar refractivity (Wildman–Crippen MR) is 57.0 cm³/mol. The molecule has 0 amide bonds. The van der Waals surface area contributed by atoms with Crippen molar-refractivity contribution in [2.75, 3.05) is 7.11 Å². The minimum atomic E-state index is -0.846. The van der Waals surface area contributed by atoms with Crippen LogP contribution in [0.1, 0.15) is 25.5 Å². The SMILES string of the molecule is COc1ccc(C2OC(C)(C)OC2=O)cc1. The van der Waals surface area contributed by atoms with Crippen molar-refractivity contribution in [3.8, 4) is 5.75 Å². The molecule has 1 aliphatic rings. The first-order valence-corrected chi connectivity index (χ1v) is 5.06. The zero-order valence-corrected chi connectivity index (χ0v) is 9.52. The maximum absolute atomic E-state index is 11.6. The molecule has 2 rings (SSSR count). The first-order valence-electron chi connectivity index (χ1n) is 5.06. The Morgan fingerprint density at radius 2 is 1.88 bits per heavy atom. The summed E-state index contributed by atoms with van der Waals surface area (Å²) in [6.07, 6.45) is -0.638. The van der Waals surface area contributed by atoms with Gasteiger partial charge in [-0.2, -0.15) is 0 Å². The smallest absolute Gasteiger partial charge is 0.342 e. The van der Waals surface area contributed by atoms with E-state index in [1.807, 2.05) is 0 Å². The fourth-order valence-corrected chi connectivity index (χ4v) is 1.63. The zero-order valence-electron chi connectivity index (χ0n) is 9.52. The van der Waals surface area contributed by atoms with Crippen LogP contribution >= 0.6 is 0 Å². The number of rotatable bonds is 2. The Labute approximate surface area is 94.1 Å². The third kappa shape index (κ3) is 2.02. The summed E-state index contributed by atoms with van der Waals surface area (Å²) < 4.78 is 15.6. The summed E-state index contributed by atoms with van der Waals surface area (Å²) >= 11 is 0. The van der Waals surface area contributed by atoms with Gasteiger partial charge in [-0.25, -0.2) is 4.79 Å². The molecule has 0 saturated carbocycles. The van der Waals surface area contributed by atoms with Crippen molar-refractivity contribution in [2.45, 2.75) is 25.7 Å². The number of carbonyl (C=O) groups is 1. The molecule has 0 aromatic heterocycles. The van der Waals surface area contributed by atoms with Crippen molar-refractivity contribution in [3.63, 3.8) is 0 Å². The number of ether oxygens (including phenoxy) is 3. The molecule has 1 atom stereocenters. The predicted octanol–water partition coefficient (Wildman–Crippen LogP) is 2.05. The molecule has 1 heterocycles. The lowest BCUT2D eigenvalue weighted by molar-refractivity contribution is -0.160. The highest BCUT2D eigenvalue weighted by molar-refractivity contribution is 5.78. The molecule has 1 aromatic rings. The quantitative estimate of drug-likeness (QED) is 0.718. The van der Waals surface area contributed by atoms with Crippen molar-refractivity contribution in [3.05, 3.63) is 29.8 Å². The monoisotopic (exact) mass is 222 g/mol. The highest BCUT2D eigenvalue weighted by Gasteiger charge is 2.41. The molecule has 4 heteroatoms. The molecule has 1 saturated heterocycles. The summed E-state index contributed by atoms with van der Waals surface area (Å²) in [5.41, 5.74) is 0.774. The van der Waals surface area contributed by atoms with Crippen molar-refractivity contribution in [1.82, 2.24) is 0 Å². The van der Waals surface area contributed by atoms with Gasteiger partial charge in [-0.1, -0.05) is 12.1 Å². The number of hydrogen-bond donors (Lipinski definition) is 0. The fraction of sp³-hybridized carbons (Fsp3) is 0.417. The minimum absolute atomic E-state index is 0.352. The van der Waals surface area contributed by atoms with E-state index in [9.17, 15) is 4.79 Å². The second-order valence-corrected chi connectivity index (χ2v) is 4.09. The molecule has 4 nitrogen and oxygen atoms in total. The van der Waals surface area contributed by atoms with Gasteiger partial charge in [-0.05, 0) is 17.7 Å². The Bertz CT molecular complexity index is 394. The van der Waals surface area contributed by atoms with Gasteiger partial charge in [0.05, 0.1) is 7.11 Å². The van der Waals surface area contributed by atoms with Crippen molar-refractivity contribution < 1.29 is 19.0 Å². The summed E-state index contributed by atoms with van der Waals surface area (Å²) in [6.45, 7) is 3.43. The van der Waals surface area contributed by atoms with Gasteiger partial charge in [0.1, 0.15) is 5.75 Å². The Balaban J connectivity index is 2.21. The third-order valence-electron chi connectivity index (χ3n) is 2.38. The van der Waals surface area contributed by atoms with Crippen LogP contribution in [0.15, 0.2) is 24.3 Å². The van der Waals surface area contributed by atoms with Gasteiger partial charge in [0.2, 0.25) is 5.79 Å². The number of esters is 1. The standard InChI is InChI=1S/C12H14O4/c1-12(2)15-10(11(13)16-12)8-4-6-9(14-3)7-5-8/h4-7,10H,1-3H3. The normalized spacial score (nSPS) is 22.9. The first-order chi connectivity index (χ1) is 7.52. The van der Waals surface area contributed by atoms with E-state index in [0.717, 1.165) is 11.3 Å². The van der Waals surface area contributed by atoms with Gasteiger partial charge in [0.25, 0.3) is 0 Å². The van der Waals surface area contributed by atoms with Crippen molar-refractivity contribution in [1.29, 1.82) is 0 Å². The van der Waals surface area contributed by atoms with Crippen LogP contribution in [0, 0.1) is 0 Å². The Kier molecular flexibility index (Phi) is 2.59. The highest BCUT2D eigenvalue weighted by Crippen LogP contribution is 2.34. The van der Waals surface area contributed by atoms with Crippen LogP contribution in [0.3, 0.4) is 0 Å². The third-order valence-corrected chi connectivity index (χ3v) is 2.38.